The summed E-state index contributed by atoms with van der Waals surface area (Å²) in [7, 11) is 4.12. The van der Waals surface area contributed by atoms with E-state index >= 15 is 0 Å². The molecule has 0 aliphatic rings. The normalized spacial score (nSPS) is 12.9. The molecule has 1 rings (SSSR count). The van der Waals surface area contributed by atoms with Gasteiger partial charge in [-0.25, -0.2) is 0 Å². The Labute approximate surface area is 114 Å². The highest BCUT2D eigenvalue weighted by Gasteiger charge is 2.10. The smallest absolute Gasteiger partial charge is 0.0375 e. The lowest BCUT2D eigenvalue weighted by atomic mass is 10.1. The van der Waals surface area contributed by atoms with Crippen LogP contribution in [0, 0.1) is 5.92 Å². The molecular formula is C14H23BrN2. The van der Waals surface area contributed by atoms with E-state index in [2.05, 4.69) is 72.2 Å². The second-order valence-electron chi connectivity index (χ2n) is 4.99. The summed E-state index contributed by atoms with van der Waals surface area (Å²) < 4.78 is 1.17. The van der Waals surface area contributed by atoms with Crippen LogP contribution in [0.25, 0.3) is 0 Å². The van der Waals surface area contributed by atoms with E-state index in [-0.39, 0.29) is 0 Å². The summed E-state index contributed by atoms with van der Waals surface area (Å²) in [5.74, 6) is 0.676. The van der Waals surface area contributed by atoms with Gasteiger partial charge in [0, 0.05) is 29.8 Å². The van der Waals surface area contributed by atoms with Gasteiger partial charge in [-0.15, -0.1) is 0 Å². The molecule has 0 aliphatic heterocycles. The zero-order chi connectivity index (χ0) is 13.0. The fourth-order valence-electron chi connectivity index (χ4n) is 1.91. The maximum Gasteiger partial charge on any atom is 0.0375 e. The van der Waals surface area contributed by atoms with E-state index in [1.807, 2.05) is 7.05 Å². The van der Waals surface area contributed by atoms with Crippen LogP contribution in [0.1, 0.15) is 32.4 Å². The zero-order valence-electron chi connectivity index (χ0n) is 11.4. The van der Waals surface area contributed by atoms with Crippen molar-refractivity contribution >= 4 is 21.6 Å². The molecule has 0 saturated heterocycles. The monoisotopic (exact) mass is 298 g/mol. The number of halogens is 1. The highest BCUT2D eigenvalue weighted by molar-refractivity contribution is 9.10. The van der Waals surface area contributed by atoms with Crippen LogP contribution < -0.4 is 10.2 Å². The zero-order valence-corrected chi connectivity index (χ0v) is 13.0. The van der Waals surface area contributed by atoms with Crippen LogP contribution in [-0.4, -0.2) is 20.6 Å². The second kappa shape index (κ2) is 6.41. The molecule has 0 amide bonds. The Morgan fingerprint density at radius 1 is 1.29 bits per heavy atom. The van der Waals surface area contributed by atoms with E-state index in [4.69, 9.17) is 0 Å². The number of rotatable bonds is 5. The highest BCUT2D eigenvalue weighted by Crippen LogP contribution is 2.28. The topological polar surface area (TPSA) is 15.3 Å². The minimum Gasteiger partial charge on any atom is -0.374 e. The Kier molecular flexibility index (Phi) is 5.47. The van der Waals surface area contributed by atoms with Crippen molar-refractivity contribution in [1.82, 2.24) is 5.32 Å². The summed E-state index contributed by atoms with van der Waals surface area (Å²) in [5, 5.41) is 3.26. The predicted octanol–water partition coefficient (Wildman–Crippen LogP) is 3.82. The lowest BCUT2D eigenvalue weighted by molar-refractivity contribution is 0.636. The van der Waals surface area contributed by atoms with Gasteiger partial charge in [-0.05, 0) is 37.6 Å². The Hall–Kier alpha value is -0.540. The SMILES string of the molecule is CNC(C)c1ccc(N(C)CC(C)C)cc1Br. The van der Waals surface area contributed by atoms with Gasteiger partial charge < -0.3 is 10.2 Å². The third-order valence-corrected chi connectivity index (χ3v) is 3.65. The molecule has 3 heteroatoms. The summed E-state index contributed by atoms with van der Waals surface area (Å²) in [5.41, 5.74) is 2.56. The molecule has 0 spiro atoms. The van der Waals surface area contributed by atoms with Gasteiger partial charge in [0.15, 0.2) is 0 Å². The van der Waals surface area contributed by atoms with Crippen molar-refractivity contribution < 1.29 is 0 Å². The fraction of sp³-hybridized carbons (Fsp3) is 0.571. The summed E-state index contributed by atoms with van der Waals surface area (Å²) in [6.45, 7) is 7.72. The highest BCUT2D eigenvalue weighted by atomic mass is 79.9. The van der Waals surface area contributed by atoms with Gasteiger partial charge in [-0.1, -0.05) is 35.8 Å². The average Bonchev–Trinajstić information content (AvgIpc) is 2.27. The van der Waals surface area contributed by atoms with Crippen LogP contribution in [-0.2, 0) is 0 Å². The number of nitrogens with one attached hydrogen (secondary N) is 1. The number of anilines is 1. The van der Waals surface area contributed by atoms with Crippen molar-refractivity contribution in [3.8, 4) is 0 Å². The van der Waals surface area contributed by atoms with E-state index in [9.17, 15) is 0 Å². The van der Waals surface area contributed by atoms with Crippen LogP contribution >= 0.6 is 15.9 Å². The van der Waals surface area contributed by atoms with Gasteiger partial charge in [0.2, 0.25) is 0 Å². The third kappa shape index (κ3) is 4.00. The van der Waals surface area contributed by atoms with Gasteiger partial charge in [-0.3, -0.25) is 0 Å². The molecule has 1 aromatic rings. The van der Waals surface area contributed by atoms with Gasteiger partial charge in [0.05, 0.1) is 0 Å². The molecule has 1 aromatic carbocycles. The maximum atomic E-state index is 3.66. The first-order valence-corrected chi connectivity index (χ1v) is 6.92. The molecular weight excluding hydrogens is 276 g/mol. The molecule has 0 aromatic heterocycles. The molecule has 0 fully saturated rings. The van der Waals surface area contributed by atoms with E-state index in [0.29, 0.717) is 12.0 Å². The largest absolute Gasteiger partial charge is 0.374 e. The minimum atomic E-state index is 0.369. The van der Waals surface area contributed by atoms with Gasteiger partial charge in [0.25, 0.3) is 0 Å². The van der Waals surface area contributed by atoms with Crippen molar-refractivity contribution in [3.05, 3.63) is 28.2 Å². The quantitative estimate of drug-likeness (QED) is 0.889. The van der Waals surface area contributed by atoms with Crippen LogP contribution in [0.3, 0.4) is 0 Å². The Morgan fingerprint density at radius 3 is 2.41 bits per heavy atom. The fourth-order valence-corrected chi connectivity index (χ4v) is 2.62. The maximum absolute atomic E-state index is 3.66. The number of nitrogens with zero attached hydrogens (tertiary/aromatic N) is 1. The molecule has 0 radical (unpaired) electrons. The van der Waals surface area contributed by atoms with E-state index in [1.165, 1.54) is 15.7 Å². The van der Waals surface area contributed by atoms with Crippen molar-refractivity contribution in [2.45, 2.75) is 26.8 Å². The van der Waals surface area contributed by atoms with Crippen molar-refractivity contribution in [2.75, 3.05) is 25.5 Å². The lowest BCUT2D eigenvalue weighted by Gasteiger charge is -2.23. The molecule has 96 valence electrons. The predicted molar refractivity (Wildman–Crippen MR) is 79.7 cm³/mol. The number of hydrogen-bond acceptors (Lipinski definition) is 2. The minimum absolute atomic E-state index is 0.369. The molecule has 17 heavy (non-hydrogen) atoms. The summed E-state index contributed by atoms with van der Waals surface area (Å²) in [6, 6.07) is 6.95. The molecule has 0 saturated carbocycles. The summed E-state index contributed by atoms with van der Waals surface area (Å²) >= 11 is 3.66. The van der Waals surface area contributed by atoms with Crippen molar-refractivity contribution in [1.29, 1.82) is 0 Å². The lowest BCUT2D eigenvalue weighted by Crippen LogP contribution is -2.22. The Balaban J connectivity index is 2.88. The number of benzene rings is 1. The molecule has 2 nitrogen and oxygen atoms in total. The van der Waals surface area contributed by atoms with E-state index in [1.54, 1.807) is 0 Å². The van der Waals surface area contributed by atoms with Crippen LogP contribution in [0.15, 0.2) is 22.7 Å². The van der Waals surface area contributed by atoms with Crippen molar-refractivity contribution in [3.63, 3.8) is 0 Å². The molecule has 1 unspecified atom stereocenters. The molecule has 1 atom stereocenters. The summed E-state index contributed by atoms with van der Waals surface area (Å²) in [4.78, 5) is 2.29. The molecule has 0 bridgehead atoms. The molecule has 1 N–H and O–H groups in total. The third-order valence-electron chi connectivity index (χ3n) is 2.96. The van der Waals surface area contributed by atoms with Crippen LogP contribution in [0.2, 0.25) is 0 Å². The average molecular weight is 299 g/mol. The Morgan fingerprint density at radius 2 is 1.94 bits per heavy atom. The molecule has 0 aliphatic carbocycles. The van der Waals surface area contributed by atoms with E-state index < -0.39 is 0 Å². The number of hydrogen-bond donors (Lipinski definition) is 1. The summed E-state index contributed by atoms with van der Waals surface area (Å²) in [6.07, 6.45) is 0. The van der Waals surface area contributed by atoms with Crippen molar-refractivity contribution in [2.24, 2.45) is 5.92 Å². The Bertz CT molecular complexity index is 363. The first kappa shape index (κ1) is 14.5. The van der Waals surface area contributed by atoms with Gasteiger partial charge >= 0.3 is 0 Å². The van der Waals surface area contributed by atoms with E-state index in [0.717, 1.165) is 6.54 Å². The van der Waals surface area contributed by atoms with Gasteiger partial charge in [0.1, 0.15) is 0 Å². The van der Waals surface area contributed by atoms with Crippen LogP contribution in [0.4, 0.5) is 5.69 Å². The van der Waals surface area contributed by atoms with Crippen LogP contribution in [0.5, 0.6) is 0 Å². The molecule has 0 heterocycles. The van der Waals surface area contributed by atoms with Gasteiger partial charge in [-0.2, -0.15) is 0 Å². The first-order chi connectivity index (χ1) is 7.95. The first-order valence-electron chi connectivity index (χ1n) is 6.13. The second-order valence-corrected chi connectivity index (χ2v) is 5.84. The standard InChI is InChI=1S/C14H23BrN2/c1-10(2)9-17(5)12-6-7-13(11(3)16-4)14(15)8-12/h6-8,10-11,16H,9H2,1-5H3.